The predicted octanol–water partition coefficient (Wildman–Crippen LogP) is 3.48. The summed E-state index contributed by atoms with van der Waals surface area (Å²) in [6, 6.07) is 8.48. The van der Waals surface area contributed by atoms with Crippen LogP contribution >= 0.6 is 11.6 Å². The highest BCUT2D eigenvalue weighted by Crippen LogP contribution is 2.20. The number of nitrogens with one attached hydrogen (secondary N) is 1. The van der Waals surface area contributed by atoms with Gasteiger partial charge in [0.15, 0.2) is 0 Å². The molecule has 29 heavy (non-hydrogen) atoms. The van der Waals surface area contributed by atoms with Crippen LogP contribution in [0.3, 0.4) is 0 Å². The molecule has 8 heteroatoms. The number of pyridine rings is 2. The Morgan fingerprint density at radius 1 is 1.21 bits per heavy atom. The molecule has 0 unspecified atom stereocenters. The first-order chi connectivity index (χ1) is 13.8. The number of aromatic nitrogens is 2. The summed E-state index contributed by atoms with van der Waals surface area (Å²) in [5, 5.41) is 3.54. The summed E-state index contributed by atoms with van der Waals surface area (Å²) in [6.45, 7) is 5.29. The van der Waals surface area contributed by atoms with E-state index in [-0.39, 0.29) is 30.0 Å². The number of nitrogens with zero attached hydrogens (tertiary/aromatic N) is 2. The van der Waals surface area contributed by atoms with Crippen molar-refractivity contribution in [1.29, 1.82) is 0 Å². The van der Waals surface area contributed by atoms with E-state index in [4.69, 9.17) is 16.3 Å². The Kier molecular flexibility index (Phi) is 5.98. The number of aryl methyl sites for hydroxylation is 2. The van der Waals surface area contributed by atoms with E-state index in [1.54, 1.807) is 44.2 Å². The van der Waals surface area contributed by atoms with Crippen LogP contribution in [0, 0.1) is 13.8 Å². The van der Waals surface area contributed by atoms with Gasteiger partial charge in [-0.1, -0.05) is 17.7 Å². The monoisotopic (exact) mass is 413 g/mol. The molecule has 0 aliphatic carbocycles. The number of amides is 1. The van der Waals surface area contributed by atoms with Crippen molar-refractivity contribution in [3.63, 3.8) is 0 Å². The van der Waals surface area contributed by atoms with Crippen LogP contribution < -0.4 is 10.7 Å². The number of esters is 1. The Bertz CT molecular complexity index is 1170. The molecular formula is C21H20ClN3O4. The highest BCUT2D eigenvalue weighted by atomic mass is 35.5. The van der Waals surface area contributed by atoms with Gasteiger partial charge in [-0.3, -0.25) is 9.59 Å². The van der Waals surface area contributed by atoms with Gasteiger partial charge in [-0.2, -0.15) is 0 Å². The zero-order chi connectivity index (χ0) is 21.1. The average Bonchev–Trinajstić information content (AvgIpc) is 2.67. The second-order valence-corrected chi connectivity index (χ2v) is 6.96. The zero-order valence-electron chi connectivity index (χ0n) is 16.3. The minimum atomic E-state index is -0.737. The first-order valence-electron chi connectivity index (χ1n) is 9.04. The maximum atomic E-state index is 12.7. The lowest BCUT2D eigenvalue weighted by Crippen LogP contribution is -2.25. The van der Waals surface area contributed by atoms with Crippen molar-refractivity contribution in [2.24, 2.45) is 0 Å². The second-order valence-electron chi connectivity index (χ2n) is 6.56. The number of ether oxygens (including phenoxy) is 1. The number of anilines is 1. The quantitative estimate of drug-likeness (QED) is 0.646. The van der Waals surface area contributed by atoms with Gasteiger partial charge in [-0.25, -0.2) is 9.78 Å². The van der Waals surface area contributed by atoms with Crippen molar-refractivity contribution >= 4 is 40.2 Å². The van der Waals surface area contributed by atoms with Crippen LogP contribution in [-0.4, -0.2) is 28.0 Å². The number of fused-ring (bicyclic) bond motifs is 1. The van der Waals surface area contributed by atoms with Crippen molar-refractivity contribution in [2.75, 3.05) is 11.9 Å². The molecule has 0 fully saturated rings. The SMILES string of the molecule is CCOC(=O)c1cn(CC(=O)Nc2ccc(C)c(Cl)c2)c2nc(C)ccc2c1=O. The fourth-order valence-electron chi connectivity index (χ4n) is 2.86. The van der Waals surface area contributed by atoms with Gasteiger partial charge in [-0.15, -0.1) is 0 Å². The molecule has 0 spiro atoms. The van der Waals surface area contributed by atoms with E-state index in [1.165, 1.54) is 10.8 Å². The van der Waals surface area contributed by atoms with Crippen LogP contribution in [0.1, 0.15) is 28.5 Å². The molecule has 7 nitrogen and oxygen atoms in total. The van der Waals surface area contributed by atoms with Crippen molar-refractivity contribution in [3.8, 4) is 0 Å². The summed E-state index contributed by atoms with van der Waals surface area (Å²) in [6.07, 6.45) is 1.32. The number of carbonyl (C=O) groups excluding carboxylic acids is 2. The maximum absolute atomic E-state index is 12.7. The molecular weight excluding hydrogens is 394 g/mol. The predicted molar refractivity (Wildman–Crippen MR) is 112 cm³/mol. The Labute approximate surface area is 172 Å². The van der Waals surface area contributed by atoms with Gasteiger partial charge < -0.3 is 14.6 Å². The standard InChI is InChI=1S/C21H20ClN3O4/c1-4-29-21(28)16-10-25(20-15(19(16)27)8-6-13(3)23-20)11-18(26)24-14-7-5-12(2)17(22)9-14/h5-10H,4,11H2,1-3H3,(H,24,26). The van der Waals surface area contributed by atoms with E-state index in [1.807, 2.05) is 6.92 Å². The molecule has 2 heterocycles. The second kappa shape index (κ2) is 8.45. The molecule has 1 N–H and O–H groups in total. The Balaban J connectivity index is 2.00. The molecule has 2 aromatic heterocycles. The molecule has 0 bridgehead atoms. The molecule has 150 valence electrons. The molecule has 0 saturated heterocycles. The lowest BCUT2D eigenvalue weighted by molar-refractivity contribution is -0.116. The summed E-state index contributed by atoms with van der Waals surface area (Å²) in [4.78, 5) is 41.9. The Hall–Kier alpha value is -3.19. The Morgan fingerprint density at radius 2 is 1.97 bits per heavy atom. The number of hydrogen-bond acceptors (Lipinski definition) is 5. The fourth-order valence-corrected chi connectivity index (χ4v) is 3.04. The van der Waals surface area contributed by atoms with E-state index in [0.717, 1.165) is 5.56 Å². The molecule has 0 atom stereocenters. The smallest absolute Gasteiger partial charge is 0.343 e. The number of halogens is 1. The van der Waals surface area contributed by atoms with Crippen molar-refractivity contribution in [3.05, 3.63) is 68.6 Å². The van der Waals surface area contributed by atoms with Gasteiger partial charge in [0.25, 0.3) is 0 Å². The van der Waals surface area contributed by atoms with Gasteiger partial charge in [0.05, 0.1) is 12.0 Å². The first kappa shape index (κ1) is 20.5. The van der Waals surface area contributed by atoms with E-state index in [2.05, 4.69) is 10.3 Å². The lowest BCUT2D eigenvalue weighted by Gasteiger charge is -2.13. The van der Waals surface area contributed by atoms with Crippen molar-refractivity contribution < 1.29 is 14.3 Å². The number of benzene rings is 1. The summed E-state index contributed by atoms with van der Waals surface area (Å²) < 4.78 is 6.45. The maximum Gasteiger partial charge on any atom is 0.343 e. The highest BCUT2D eigenvalue weighted by molar-refractivity contribution is 6.31. The lowest BCUT2D eigenvalue weighted by atomic mass is 10.2. The molecule has 0 aliphatic heterocycles. The van der Waals surface area contributed by atoms with Crippen LogP contribution in [0.15, 0.2) is 41.3 Å². The van der Waals surface area contributed by atoms with Crippen LogP contribution in [0.4, 0.5) is 5.69 Å². The van der Waals surface area contributed by atoms with Crippen molar-refractivity contribution in [1.82, 2.24) is 9.55 Å². The number of hydrogen-bond donors (Lipinski definition) is 1. The summed E-state index contributed by atoms with van der Waals surface area (Å²) >= 11 is 6.10. The van der Waals surface area contributed by atoms with Gasteiger partial charge in [0.1, 0.15) is 17.8 Å². The number of rotatable bonds is 5. The third kappa shape index (κ3) is 4.46. The van der Waals surface area contributed by atoms with Crippen LogP contribution in [-0.2, 0) is 16.1 Å². The normalized spacial score (nSPS) is 10.8. The highest BCUT2D eigenvalue weighted by Gasteiger charge is 2.18. The molecule has 0 saturated carbocycles. The van der Waals surface area contributed by atoms with E-state index in [9.17, 15) is 14.4 Å². The van der Waals surface area contributed by atoms with Crippen molar-refractivity contribution in [2.45, 2.75) is 27.3 Å². The van der Waals surface area contributed by atoms with Gasteiger partial charge in [0.2, 0.25) is 11.3 Å². The number of carbonyl (C=O) groups is 2. The average molecular weight is 414 g/mol. The zero-order valence-corrected chi connectivity index (χ0v) is 17.0. The summed E-state index contributed by atoms with van der Waals surface area (Å²) in [5.41, 5.74) is 1.82. The molecule has 1 aromatic carbocycles. The summed E-state index contributed by atoms with van der Waals surface area (Å²) in [7, 11) is 0. The van der Waals surface area contributed by atoms with E-state index in [0.29, 0.717) is 22.1 Å². The van der Waals surface area contributed by atoms with E-state index >= 15 is 0 Å². The van der Waals surface area contributed by atoms with E-state index < -0.39 is 11.4 Å². The fraction of sp³-hybridized carbons (Fsp3) is 0.238. The Morgan fingerprint density at radius 3 is 2.66 bits per heavy atom. The van der Waals surface area contributed by atoms with Gasteiger partial charge in [0, 0.05) is 22.6 Å². The third-order valence-corrected chi connectivity index (χ3v) is 4.73. The molecule has 3 rings (SSSR count). The molecule has 0 radical (unpaired) electrons. The third-order valence-electron chi connectivity index (χ3n) is 4.33. The molecule has 3 aromatic rings. The topological polar surface area (TPSA) is 90.3 Å². The van der Waals surface area contributed by atoms with Gasteiger partial charge in [-0.05, 0) is 50.6 Å². The van der Waals surface area contributed by atoms with Crippen LogP contribution in [0.5, 0.6) is 0 Å². The molecule has 0 aliphatic rings. The minimum Gasteiger partial charge on any atom is -0.462 e. The summed E-state index contributed by atoms with van der Waals surface area (Å²) in [5.74, 6) is -1.09. The first-order valence-corrected chi connectivity index (χ1v) is 9.42. The van der Waals surface area contributed by atoms with Crippen LogP contribution in [0.2, 0.25) is 5.02 Å². The minimum absolute atomic E-state index is 0.136. The van der Waals surface area contributed by atoms with Crippen LogP contribution in [0.25, 0.3) is 11.0 Å². The molecule has 1 amide bonds. The largest absolute Gasteiger partial charge is 0.462 e. The van der Waals surface area contributed by atoms with Gasteiger partial charge >= 0.3 is 5.97 Å².